The van der Waals surface area contributed by atoms with Crippen LogP contribution in [0.5, 0.6) is 0 Å². The number of carbonyl (C=O) groups is 1. The van der Waals surface area contributed by atoms with Crippen molar-refractivity contribution in [3.8, 4) is 0 Å². The van der Waals surface area contributed by atoms with E-state index in [1.807, 2.05) is 18.2 Å². The van der Waals surface area contributed by atoms with Crippen molar-refractivity contribution in [2.45, 2.75) is 12.3 Å². The third-order valence-electron chi connectivity index (χ3n) is 2.43. The fourth-order valence-electron chi connectivity index (χ4n) is 1.57. The van der Waals surface area contributed by atoms with E-state index in [0.717, 1.165) is 5.56 Å². The van der Waals surface area contributed by atoms with Gasteiger partial charge in [0.2, 0.25) is 0 Å². The number of benzene rings is 1. The van der Waals surface area contributed by atoms with Gasteiger partial charge in [0.05, 0.1) is 0 Å². The molecule has 2 aromatic rings. The molecule has 1 heterocycles. The maximum absolute atomic E-state index is 11.2. The fraction of sp³-hybridized carbons (Fsp3) is 0.167. The molecule has 1 aromatic carbocycles. The van der Waals surface area contributed by atoms with Crippen molar-refractivity contribution in [2.75, 3.05) is 0 Å². The average molecular weight is 268 g/mol. The first-order chi connectivity index (χ1) is 8.18. The summed E-state index contributed by atoms with van der Waals surface area (Å²) in [7, 11) is 0. The summed E-state index contributed by atoms with van der Waals surface area (Å²) in [6.45, 7) is 0. The Labute approximate surface area is 108 Å². The highest BCUT2D eigenvalue weighted by molar-refractivity contribution is 7.09. The Kier molecular flexibility index (Phi) is 3.76. The van der Waals surface area contributed by atoms with Gasteiger partial charge < -0.3 is 5.11 Å². The standard InChI is InChI=1S/C12H10ClNO2S/c13-10-4-2-1-3-8(10)7-9(12(15)16)11-14-5-6-17-11/h1-6,9H,7H2,(H,15,16). The number of carboxylic acid groups (broad SMARTS) is 1. The molecular weight excluding hydrogens is 258 g/mol. The number of carboxylic acids is 1. The van der Waals surface area contributed by atoms with E-state index in [9.17, 15) is 9.90 Å². The molecule has 1 N–H and O–H groups in total. The quantitative estimate of drug-likeness (QED) is 0.925. The SMILES string of the molecule is O=C(O)C(Cc1ccccc1Cl)c1nccs1. The lowest BCUT2D eigenvalue weighted by molar-refractivity contribution is -0.138. The van der Waals surface area contributed by atoms with E-state index in [0.29, 0.717) is 16.5 Å². The number of nitrogens with zero attached hydrogens (tertiary/aromatic N) is 1. The summed E-state index contributed by atoms with van der Waals surface area (Å²) >= 11 is 7.37. The second-order valence-electron chi connectivity index (χ2n) is 3.56. The van der Waals surface area contributed by atoms with Crippen molar-refractivity contribution in [3.05, 3.63) is 51.4 Å². The predicted octanol–water partition coefficient (Wildman–Crippen LogP) is 3.21. The highest BCUT2D eigenvalue weighted by atomic mass is 35.5. The molecule has 0 aliphatic rings. The van der Waals surface area contributed by atoms with Gasteiger partial charge in [0.1, 0.15) is 10.9 Å². The molecule has 1 aromatic heterocycles. The first-order valence-electron chi connectivity index (χ1n) is 5.04. The van der Waals surface area contributed by atoms with Crippen LogP contribution in [0.4, 0.5) is 0 Å². The van der Waals surface area contributed by atoms with Gasteiger partial charge in [0.15, 0.2) is 0 Å². The Morgan fingerprint density at radius 3 is 2.82 bits per heavy atom. The lowest BCUT2D eigenvalue weighted by atomic mass is 10.00. The molecule has 0 aliphatic heterocycles. The summed E-state index contributed by atoms with van der Waals surface area (Å²) in [5, 5.41) is 12.2. The van der Waals surface area contributed by atoms with Crippen molar-refractivity contribution in [1.82, 2.24) is 4.98 Å². The lowest BCUT2D eigenvalue weighted by Gasteiger charge is -2.10. The Bertz CT molecular complexity index is 513. The zero-order chi connectivity index (χ0) is 12.3. The molecule has 0 aliphatic carbocycles. The average Bonchev–Trinajstić information content (AvgIpc) is 2.81. The van der Waals surface area contributed by atoms with Gasteiger partial charge in [-0.25, -0.2) is 4.98 Å². The summed E-state index contributed by atoms with van der Waals surface area (Å²) in [6.07, 6.45) is 1.98. The molecule has 0 bridgehead atoms. The van der Waals surface area contributed by atoms with Crippen LogP contribution in [0.25, 0.3) is 0 Å². The molecule has 3 nitrogen and oxygen atoms in total. The van der Waals surface area contributed by atoms with Crippen molar-refractivity contribution in [3.63, 3.8) is 0 Å². The number of halogens is 1. The van der Waals surface area contributed by atoms with Gasteiger partial charge >= 0.3 is 5.97 Å². The number of hydrogen-bond acceptors (Lipinski definition) is 3. The Hall–Kier alpha value is -1.39. The molecule has 88 valence electrons. The normalized spacial score (nSPS) is 12.3. The van der Waals surface area contributed by atoms with E-state index in [-0.39, 0.29) is 0 Å². The largest absolute Gasteiger partial charge is 0.481 e. The van der Waals surface area contributed by atoms with Crippen molar-refractivity contribution in [2.24, 2.45) is 0 Å². The smallest absolute Gasteiger partial charge is 0.313 e. The number of thiazole rings is 1. The Balaban J connectivity index is 2.26. The van der Waals surface area contributed by atoms with Crippen LogP contribution in [0.1, 0.15) is 16.5 Å². The van der Waals surface area contributed by atoms with Crippen molar-refractivity contribution < 1.29 is 9.90 Å². The number of aliphatic carboxylic acids is 1. The molecule has 0 saturated heterocycles. The molecule has 1 atom stereocenters. The molecule has 0 amide bonds. The second kappa shape index (κ2) is 5.29. The first-order valence-corrected chi connectivity index (χ1v) is 6.30. The van der Waals surface area contributed by atoms with Crippen LogP contribution in [0.15, 0.2) is 35.8 Å². The van der Waals surface area contributed by atoms with Gasteiger partial charge in [-0.05, 0) is 18.1 Å². The zero-order valence-corrected chi connectivity index (χ0v) is 10.4. The summed E-state index contributed by atoms with van der Waals surface area (Å²) in [4.78, 5) is 15.3. The third kappa shape index (κ3) is 2.84. The van der Waals surface area contributed by atoms with E-state index < -0.39 is 11.9 Å². The molecule has 0 spiro atoms. The van der Waals surface area contributed by atoms with Gasteiger partial charge in [-0.1, -0.05) is 29.8 Å². The molecule has 5 heteroatoms. The van der Waals surface area contributed by atoms with Gasteiger partial charge in [-0.2, -0.15) is 0 Å². The Morgan fingerprint density at radius 1 is 1.47 bits per heavy atom. The third-order valence-corrected chi connectivity index (χ3v) is 3.69. The second-order valence-corrected chi connectivity index (χ2v) is 4.89. The van der Waals surface area contributed by atoms with Crippen LogP contribution < -0.4 is 0 Å². The molecule has 17 heavy (non-hydrogen) atoms. The van der Waals surface area contributed by atoms with E-state index in [1.165, 1.54) is 11.3 Å². The van der Waals surface area contributed by atoms with Gasteiger partial charge in [0.25, 0.3) is 0 Å². The van der Waals surface area contributed by atoms with Crippen LogP contribution >= 0.6 is 22.9 Å². The van der Waals surface area contributed by atoms with Gasteiger partial charge in [0, 0.05) is 16.6 Å². The van der Waals surface area contributed by atoms with Crippen LogP contribution in [-0.4, -0.2) is 16.1 Å². The van der Waals surface area contributed by atoms with Gasteiger partial charge in [-0.15, -0.1) is 11.3 Å². The number of rotatable bonds is 4. The molecule has 0 fully saturated rings. The highest BCUT2D eigenvalue weighted by Crippen LogP contribution is 2.26. The number of hydrogen-bond donors (Lipinski definition) is 1. The van der Waals surface area contributed by atoms with Crippen molar-refractivity contribution >= 4 is 28.9 Å². The summed E-state index contributed by atoms with van der Waals surface area (Å²) in [5.74, 6) is -1.50. The molecule has 2 rings (SSSR count). The minimum absolute atomic E-state index is 0.364. The predicted molar refractivity (Wildman–Crippen MR) is 67.6 cm³/mol. The van der Waals surface area contributed by atoms with Crippen LogP contribution in [-0.2, 0) is 11.2 Å². The molecule has 0 saturated carbocycles. The summed E-state index contributed by atoms with van der Waals surface area (Å²) in [5.41, 5.74) is 0.830. The number of aromatic nitrogens is 1. The first kappa shape index (κ1) is 12.1. The minimum Gasteiger partial charge on any atom is -0.481 e. The maximum atomic E-state index is 11.2. The van der Waals surface area contributed by atoms with Gasteiger partial charge in [-0.3, -0.25) is 4.79 Å². The topological polar surface area (TPSA) is 50.2 Å². The van der Waals surface area contributed by atoms with Crippen LogP contribution in [0.2, 0.25) is 5.02 Å². The minimum atomic E-state index is -0.875. The summed E-state index contributed by atoms with van der Waals surface area (Å²) in [6, 6.07) is 7.27. The fourth-order valence-corrected chi connectivity index (χ4v) is 2.51. The zero-order valence-electron chi connectivity index (χ0n) is 8.84. The van der Waals surface area contributed by atoms with E-state index in [4.69, 9.17) is 11.6 Å². The monoisotopic (exact) mass is 267 g/mol. The summed E-state index contributed by atoms with van der Waals surface area (Å²) < 4.78 is 0. The maximum Gasteiger partial charge on any atom is 0.313 e. The van der Waals surface area contributed by atoms with E-state index in [2.05, 4.69) is 4.98 Å². The molecular formula is C12H10ClNO2S. The van der Waals surface area contributed by atoms with Crippen LogP contribution in [0.3, 0.4) is 0 Å². The van der Waals surface area contributed by atoms with Crippen LogP contribution in [0, 0.1) is 0 Å². The highest BCUT2D eigenvalue weighted by Gasteiger charge is 2.23. The van der Waals surface area contributed by atoms with Crippen molar-refractivity contribution in [1.29, 1.82) is 0 Å². The van der Waals surface area contributed by atoms with E-state index in [1.54, 1.807) is 17.6 Å². The Morgan fingerprint density at radius 2 is 2.24 bits per heavy atom. The lowest BCUT2D eigenvalue weighted by Crippen LogP contribution is -2.14. The molecule has 0 radical (unpaired) electrons. The molecule has 1 unspecified atom stereocenters. The van der Waals surface area contributed by atoms with E-state index >= 15 is 0 Å².